The highest BCUT2D eigenvalue weighted by atomic mass is 16.5. The lowest BCUT2D eigenvalue weighted by Gasteiger charge is -2.14. The van der Waals surface area contributed by atoms with Gasteiger partial charge in [-0.3, -0.25) is 9.59 Å². The molecule has 31 heavy (non-hydrogen) atoms. The van der Waals surface area contributed by atoms with Crippen LogP contribution in [0.2, 0.25) is 0 Å². The van der Waals surface area contributed by atoms with E-state index < -0.39 is 5.56 Å². The third kappa shape index (κ3) is 5.01. The molecule has 1 heterocycles. The smallest absolute Gasteiger partial charge is 0.310 e. The molecule has 2 aromatic carbocycles. The van der Waals surface area contributed by atoms with Gasteiger partial charge in [0.2, 0.25) is 0 Å². The third-order valence-electron chi connectivity index (χ3n) is 4.54. The monoisotopic (exact) mass is 423 g/mol. The van der Waals surface area contributed by atoms with E-state index in [9.17, 15) is 9.59 Å². The van der Waals surface area contributed by atoms with E-state index in [1.165, 1.54) is 0 Å². The molecule has 0 radical (unpaired) electrons. The summed E-state index contributed by atoms with van der Waals surface area (Å²) in [6, 6.07) is 13.2. The number of nitrogens with two attached hydrogens (primary N) is 2. The minimum absolute atomic E-state index is 0.0805. The molecule has 3 aromatic rings. The Morgan fingerprint density at radius 2 is 1.90 bits per heavy atom. The van der Waals surface area contributed by atoms with Crippen LogP contribution in [-0.4, -0.2) is 29.2 Å². The maximum Gasteiger partial charge on any atom is 0.310 e. The zero-order chi connectivity index (χ0) is 22.4. The molecule has 6 N–H and O–H groups in total. The van der Waals surface area contributed by atoms with Crippen molar-refractivity contribution in [2.45, 2.75) is 20.3 Å². The molecule has 0 aliphatic rings. The average molecular weight is 423 g/mol. The number of benzene rings is 2. The molecule has 0 bridgehead atoms. The van der Waals surface area contributed by atoms with E-state index in [4.69, 9.17) is 21.1 Å². The van der Waals surface area contributed by atoms with Crippen molar-refractivity contribution in [3.63, 3.8) is 0 Å². The summed E-state index contributed by atoms with van der Waals surface area (Å²) in [5.74, 6) is 6.04. The SMILES string of the molecule is CCOC(=O)Cc1cccc(-c2ccc(-c3nc(NN)c(N)c(=O)[nH]3)c(OCC)c2)c1. The van der Waals surface area contributed by atoms with Crippen LogP contribution in [0.4, 0.5) is 11.5 Å². The van der Waals surface area contributed by atoms with Gasteiger partial charge in [-0.15, -0.1) is 0 Å². The molecule has 162 valence electrons. The summed E-state index contributed by atoms with van der Waals surface area (Å²) in [7, 11) is 0. The quantitative estimate of drug-likeness (QED) is 0.246. The van der Waals surface area contributed by atoms with Gasteiger partial charge in [-0.2, -0.15) is 0 Å². The zero-order valence-electron chi connectivity index (χ0n) is 17.4. The second-order valence-corrected chi connectivity index (χ2v) is 6.65. The number of anilines is 2. The largest absolute Gasteiger partial charge is 0.493 e. The lowest BCUT2D eigenvalue weighted by Crippen LogP contribution is -2.20. The molecule has 0 saturated heterocycles. The molecule has 9 nitrogen and oxygen atoms in total. The topological polar surface area (TPSA) is 145 Å². The molecule has 0 unspecified atom stereocenters. The minimum Gasteiger partial charge on any atom is -0.493 e. The second-order valence-electron chi connectivity index (χ2n) is 6.65. The summed E-state index contributed by atoms with van der Waals surface area (Å²) in [4.78, 5) is 30.9. The van der Waals surface area contributed by atoms with Crippen LogP contribution < -0.4 is 27.3 Å². The standard InChI is InChI=1S/C22H25N5O4/c1-3-30-17-12-15(14-7-5-6-13(10-14)11-18(28)31-4-2)8-9-16(17)20-25-21(27-24)19(23)22(29)26-20/h5-10,12H,3-4,11,23-24H2,1-2H3,(H2,25,26,27,29). The van der Waals surface area contributed by atoms with Crippen molar-refractivity contribution in [1.82, 2.24) is 9.97 Å². The van der Waals surface area contributed by atoms with Crippen LogP contribution in [-0.2, 0) is 16.0 Å². The number of nitrogens with zero attached hydrogens (tertiary/aromatic N) is 1. The van der Waals surface area contributed by atoms with E-state index in [2.05, 4.69) is 15.4 Å². The van der Waals surface area contributed by atoms with Gasteiger partial charge in [0, 0.05) is 0 Å². The fourth-order valence-corrected chi connectivity index (χ4v) is 3.13. The number of nitrogens with one attached hydrogen (secondary N) is 2. The van der Waals surface area contributed by atoms with Crippen LogP contribution in [0.5, 0.6) is 5.75 Å². The van der Waals surface area contributed by atoms with E-state index in [1.54, 1.807) is 13.0 Å². The lowest BCUT2D eigenvalue weighted by atomic mass is 9.99. The molecule has 0 amide bonds. The fraction of sp³-hybridized carbons (Fsp3) is 0.227. The molecule has 0 spiro atoms. The minimum atomic E-state index is -0.504. The van der Waals surface area contributed by atoms with Gasteiger partial charge < -0.3 is 25.6 Å². The van der Waals surface area contributed by atoms with Gasteiger partial charge in [0.25, 0.3) is 5.56 Å². The molecule has 9 heteroatoms. The highest BCUT2D eigenvalue weighted by molar-refractivity contribution is 5.77. The molecule has 0 fully saturated rings. The number of hydrogen-bond donors (Lipinski definition) is 4. The third-order valence-corrected chi connectivity index (χ3v) is 4.54. The molecule has 0 aliphatic carbocycles. The Labute approximate surface area is 179 Å². The highest BCUT2D eigenvalue weighted by Crippen LogP contribution is 2.33. The molecule has 1 aromatic heterocycles. The Kier molecular flexibility index (Phi) is 6.88. The van der Waals surface area contributed by atoms with Crippen LogP contribution in [0.25, 0.3) is 22.5 Å². The number of esters is 1. The van der Waals surface area contributed by atoms with Crippen molar-refractivity contribution in [2.75, 3.05) is 24.4 Å². The number of nitrogen functional groups attached to an aromatic ring is 2. The second kappa shape index (κ2) is 9.77. The van der Waals surface area contributed by atoms with Crippen molar-refractivity contribution in [3.05, 3.63) is 58.4 Å². The number of aromatic nitrogens is 2. The average Bonchev–Trinajstić information content (AvgIpc) is 2.76. The van der Waals surface area contributed by atoms with Crippen LogP contribution >= 0.6 is 0 Å². The molecule has 3 rings (SSSR count). The van der Waals surface area contributed by atoms with Crippen LogP contribution in [0.1, 0.15) is 19.4 Å². The molecule has 0 aliphatic heterocycles. The number of ether oxygens (including phenoxy) is 2. The Bertz CT molecular complexity index is 1140. The first kappa shape index (κ1) is 21.8. The first-order valence-corrected chi connectivity index (χ1v) is 9.85. The fourth-order valence-electron chi connectivity index (χ4n) is 3.13. The van der Waals surface area contributed by atoms with Gasteiger partial charge in [-0.05, 0) is 42.7 Å². The lowest BCUT2D eigenvalue weighted by molar-refractivity contribution is -0.142. The van der Waals surface area contributed by atoms with E-state index in [1.807, 2.05) is 43.3 Å². The summed E-state index contributed by atoms with van der Waals surface area (Å²) in [5.41, 5.74) is 10.7. The van der Waals surface area contributed by atoms with Crippen molar-refractivity contribution in [1.29, 1.82) is 0 Å². The first-order valence-electron chi connectivity index (χ1n) is 9.85. The van der Waals surface area contributed by atoms with E-state index in [0.717, 1.165) is 16.7 Å². The van der Waals surface area contributed by atoms with Crippen molar-refractivity contribution < 1.29 is 14.3 Å². The number of carbonyl (C=O) groups excluding carboxylic acids is 1. The summed E-state index contributed by atoms with van der Waals surface area (Å²) < 4.78 is 10.8. The van der Waals surface area contributed by atoms with Gasteiger partial charge in [-0.25, -0.2) is 10.8 Å². The molecular formula is C22H25N5O4. The number of rotatable bonds is 8. The Hall–Kier alpha value is -3.85. The summed E-state index contributed by atoms with van der Waals surface area (Å²) in [5, 5.41) is 0. The van der Waals surface area contributed by atoms with E-state index >= 15 is 0 Å². The number of hydrazine groups is 1. The molecular weight excluding hydrogens is 398 g/mol. The van der Waals surface area contributed by atoms with Gasteiger partial charge in [0.05, 0.1) is 25.2 Å². The van der Waals surface area contributed by atoms with E-state index in [-0.39, 0.29) is 29.7 Å². The van der Waals surface area contributed by atoms with Crippen molar-refractivity contribution in [2.24, 2.45) is 5.84 Å². The Morgan fingerprint density at radius 1 is 1.13 bits per heavy atom. The zero-order valence-corrected chi connectivity index (χ0v) is 17.4. The number of aromatic amines is 1. The van der Waals surface area contributed by atoms with E-state index in [0.29, 0.717) is 24.5 Å². The Balaban J connectivity index is 2.01. The summed E-state index contributed by atoms with van der Waals surface area (Å²) in [6.45, 7) is 4.41. The highest BCUT2D eigenvalue weighted by Gasteiger charge is 2.15. The van der Waals surface area contributed by atoms with Crippen molar-refractivity contribution in [3.8, 4) is 28.3 Å². The van der Waals surface area contributed by atoms with Crippen LogP contribution in [0.3, 0.4) is 0 Å². The van der Waals surface area contributed by atoms with Gasteiger partial charge in [0.1, 0.15) is 17.3 Å². The first-order chi connectivity index (χ1) is 15.0. The normalized spacial score (nSPS) is 10.5. The van der Waals surface area contributed by atoms with Crippen LogP contribution in [0.15, 0.2) is 47.3 Å². The number of carbonyl (C=O) groups is 1. The molecule has 0 atom stereocenters. The van der Waals surface area contributed by atoms with Crippen molar-refractivity contribution >= 4 is 17.5 Å². The maximum absolute atomic E-state index is 12.1. The van der Waals surface area contributed by atoms with Gasteiger partial charge in [0.15, 0.2) is 5.82 Å². The van der Waals surface area contributed by atoms with Gasteiger partial charge in [-0.1, -0.05) is 30.3 Å². The molecule has 0 saturated carbocycles. The number of H-pyrrole nitrogens is 1. The summed E-state index contributed by atoms with van der Waals surface area (Å²) >= 11 is 0. The van der Waals surface area contributed by atoms with Gasteiger partial charge >= 0.3 is 5.97 Å². The predicted octanol–water partition coefficient (Wildman–Crippen LogP) is 2.48. The number of hydrogen-bond acceptors (Lipinski definition) is 8. The Morgan fingerprint density at radius 3 is 2.61 bits per heavy atom. The van der Waals surface area contributed by atoms with Crippen LogP contribution in [0, 0.1) is 0 Å². The maximum atomic E-state index is 12.1. The summed E-state index contributed by atoms with van der Waals surface area (Å²) in [6.07, 6.45) is 0.198. The predicted molar refractivity (Wildman–Crippen MR) is 119 cm³/mol.